The Hall–Kier alpha value is -2.33. The number of aromatic nitrogens is 1. The van der Waals surface area contributed by atoms with Gasteiger partial charge in [0.2, 0.25) is 5.88 Å². The standard InChI is InChI=1S/C20H23FN2O/c1-22(2)14-6-8-18-17-7-4-5-9-19(17)23(3)20(18)24-16-12-10-15(21)11-13-16/h4-5,7,9-13H,6,8,14H2,1-3H3. The summed E-state index contributed by atoms with van der Waals surface area (Å²) in [7, 11) is 6.18. The van der Waals surface area contributed by atoms with Gasteiger partial charge < -0.3 is 14.2 Å². The lowest BCUT2D eigenvalue weighted by molar-refractivity contribution is 0.396. The molecule has 126 valence electrons. The Balaban J connectivity index is 1.97. The van der Waals surface area contributed by atoms with Crippen molar-refractivity contribution in [1.82, 2.24) is 9.47 Å². The van der Waals surface area contributed by atoms with Gasteiger partial charge in [0.25, 0.3) is 0 Å². The number of rotatable bonds is 6. The molecule has 3 nitrogen and oxygen atoms in total. The molecule has 2 aromatic carbocycles. The number of nitrogens with zero attached hydrogens (tertiary/aromatic N) is 2. The zero-order chi connectivity index (χ0) is 17.1. The number of fused-ring (bicyclic) bond motifs is 1. The van der Waals surface area contributed by atoms with E-state index in [1.807, 2.05) is 13.1 Å². The van der Waals surface area contributed by atoms with Crippen LogP contribution in [0.25, 0.3) is 10.9 Å². The maximum atomic E-state index is 13.1. The number of ether oxygens (including phenoxy) is 1. The summed E-state index contributed by atoms with van der Waals surface area (Å²) >= 11 is 0. The van der Waals surface area contributed by atoms with Crippen LogP contribution in [0.3, 0.4) is 0 Å². The van der Waals surface area contributed by atoms with Crippen molar-refractivity contribution in [2.45, 2.75) is 12.8 Å². The number of para-hydroxylation sites is 1. The highest BCUT2D eigenvalue weighted by Crippen LogP contribution is 2.35. The average Bonchev–Trinajstić information content (AvgIpc) is 2.83. The minimum Gasteiger partial charge on any atom is -0.441 e. The molecule has 24 heavy (non-hydrogen) atoms. The summed E-state index contributed by atoms with van der Waals surface area (Å²) < 4.78 is 21.3. The van der Waals surface area contributed by atoms with Crippen LogP contribution in [0.1, 0.15) is 12.0 Å². The van der Waals surface area contributed by atoms with Crippen LogP contribution >= 0.6 is 0 Å². The predicted molar refractivity (Wildman–Crippen MR) is 96.3 cm³/mol. The van der Waals surface area contributed by atoms with Crippen LogP contribution in [0.5, 0.6) is 11.6 Å². The molecule has 0 unspecified atom stereocenters. The van der Waals surface area contributed by atoms with E-state index in [4.69, 9.17) is 4.74 Å². The molecule has 0 aliphatic carbocycles. The number of hydrogen-bond donors (Lipinski definition) is 0. The van der Waals surface area contributed by atoms with Crippen LogP contribution in [0, 0.1) is 5.82 Å². The number of benzene rings is 2. The fourth-order valence-corrected chi connectivity index (χ4v) is 3.01. The third-order valence-corrected chi connectivity index (χ3v) is 4.21. The van der Waals surface area contributed by atoms with Crippen molar-refractivity contribution in [2.24, 2.45) is 7.05 Å². The Kier molecular flexibility index (Phi) is 4.86. The zero-order valence-electron chi connectivity index (χ0n) is 14.4. The van der Waals surface area contributed by atoms with Crippen LogP contribution < -0.4 is 4.74 Å². The molecular formula is C20H23FN2O. The molecule has 0 fully saturated rings. The maximum absolute atomic E-state index is 13.1. The van der Waals surface area contributed by atoms with Gasteiger partial charge >= 0.3 is 0 Å². The molecule has 0 atom stereocenters. The van der Waals surface area contributed by atoms with Gasteiger partial charge in [-0.25, -0.2) is 4.39 Å². The highest BCUT2D eigenvalue weighted by atomic mass is 19.1. The molecule has 0 aliphatic rings. The predicted octanol–water partition coefficient (Wildman–Crippen LogP) is 4.60. The number of halogens is 1. The molecule has 0 saturated heterocycles. The second-order valence-corrected chi connectivity index (χ2v) is 6.32. The van der Waals surface area contributed by atoms with Gasteiger partial charge in [0.15, 0.2) is 0 Å². The van der Waals surface area contributed by atoms with Crippen molar-refractivity contribution in [3.05, 3.63) is 59.9 Å². The van der Waals surface area contributed by atoms with Crippen LogP contribution in [-0.2, 0) is 13.5 Å². The van der Waals surface area contributed by atoms with E-state index in [0.717, 1.165) is 30.8 Å². The summed E-state index contributed by atoms with van der Waals surface area (Å²) in [5.74, 6) is 1.23. The van der Waals surface area contributed by atoms with Crippen LogP contribution in [-0.4, -0.2) is 30.1 Å². The zero-order valence-corrected chi connectivity index (χ0v) is 14.4. The molecule has 0 saturated carbocycles. The van der Waals surface area contributed by atoms with Crippen molar-refractivity contribution in [2.75, 3.05) is 20.6 Å². The highest BCUT2D eigenvalue weighted by molar-refractivity contribution is 5.87. The SMILES string of the molecule is CN(C)CCCc1c(Oc2ccc(F)cc2)n(C)c2ccccc12. The number of aryl methyl sites for hydroxylation is 2. The molecule has 3 rings (SSSR count). The Morgan fingerprint density at radius 1 is 1.04 bits per heavy atom. The van der Waals surface area contributed by atoms with Crippen LogP contribution in [0.4, 0.5) is 4.39 Å². The van der Waals surface area contributed by atoms with Crippen molar-refractivity contribution in [1.29, 1.82) is 0 Å². The molecule has 1 aromatic heterocycles. The van der Waals surface area contributed by atoms with Gasteiger partial charge in [-0.15, -0.1) is 0 Å². The molecule has 0 radical (unpaired) electrons. The maximum Gasteiger partial charge on any atom is 0.204 e. The first-order chi connectivity index (χ1) is 11.6. The minimum absolute atomic E-state index is 0.259. The van der Waals surface area contributed by atoms with Gasteiger partial charge in [-0.3, -0.25) is 0 Å². The fraction of sp³-hybridized carbons (Fsp3) is 0.300. The van der Waals surface area contributed by atoms with E-state index in [9.17, 15) is 4.39 Å². The third-order valence-electron chi connectivity index (χ3n) is 4.21. The Morgan fingerprint density at radius 2 is 1.75 bits per heavy atom. The first-order valence-electron chi connectivity index (χ1n) is 8.20. The van der Waals surface area contributed by atoms with E-state index < -0.39 is 0 Å². The Bertz CT molecular complexity index is 822. The largest absolute Gasteiger partial charge is 0.441 e. The number of hydrogen-bond acceptors (Lipinski definition) is 2. The average molecular weight is 326 g/mol. The molecule has 4 heteroatoms. The van der Waals surface area contributed by atoms with Gasteiger partial charge in [-0.1, -0.05) is 18.2 Å². The lowest BCUT2D eigenvalue weighted by Crippen LogP contribution is -2.13. The molecule has 0 bridgehead atoms. The first kappa shape index (κ1) is 16.5. The topological polar surface area (TPSA) is 17.4 Å². The van der Waals surface area contributed by atoms with Crippen molar-refractivity contribution < 1.29 is 9.13 Å². The summed E-state index contributed by atoms with van der Waals surface area (Å²) in [6, 6.07) is 14.5. The summed E-state index contributed by atoms with van der Waals surface area (Å²) in [6.07, 6.45) is 2.00. The first-order valence-corrected chi connectivity index (χ1v) is 8.20. The van der Waals surface area contributed by atoms with Crippen molar-refractivity contribution in [3.63, 3.8) is 0 Å². The van der Waals surface area contributed by atoms with Crippen LogP contribution in [0.15, 0.2) is 48.5 Å². The minimum atomic E-state index is -0.259. The lowest BCUT2D eigenvalue weighted by atomic mass is 10.1. The fourth-order valence-electron chi connectivity index (χ4n) is 3.01. The van der Waals surface area contributed by atoms with E-state index in [0.29, 0.717) is 5.75 Å². The lowest BCUT2D eigenvalue weighted by Gasteiger charge is -2.12. The summed E-state index contributed by atoms with van der Waals surface area (Å²) in [4.78, 5) is 2.19. The molecular weight excluding hydrogens is 303 g/mol. The smallest absolute Gasteiger partial charge is 0.204 e. The van der Waals surface area contributed by atoms with Gasteiger partial charge in [0, 0.05) is 18.0 Å². The summed E-state index contributed by atoms with van der Waals surface area (Å²) in [5, 5.41) is 1.22. The van der Waals surface area contributed by atoms with E-state index in [1.165, 1.54) is 23.1 Å². The molecule has 1 heterocycles. The second kappa shape index (κ2) is 7.05. The molecule has 0 aliphatic heterocycles. The normalized spacial score (nSPS) is 11.4. The van der Waals surface area contributed by atoms with Crippen molar-refractivity contribution in [3.8, 4) is 11.6 Å². The Labute approximate surface area is 142 Å². The Morgan fingerprint density at radius 3 is 2.46 bits per heavy atom. The van der Waals surface area contributed by atoms with Gasteiger partial charge in [-0.05, 0) is 63.8 Å². The van der Waals surface area contributed by atoms with E-state index in [2.05, 4.69) is 41.8 Å². The van der Waals surface area contributed by atoms with Gasteiger partial charge in [0.05, 0.1) is 5.52 Å². The van der Waals surface area contributed by atoms with E-state index in [-0.39, 0.29) is 5.82 Å². The summed E-state index contributed by atoms with van der Waals surface area (Å²) in [5.41, 5.74) is 2.36. The van der Waals surface area contributed by atoms with Crippen molar-refractivity contribution >= 4 is 10.9 Å². The van der Waals surface area contributed by atoms with Crippen LogP contribution in [0.2, 0.25) is 0 Å². The molecule has 0 N–H and O–H groups in total. The molecule has 0 amide bonds. The van der Waals surface area contributed by atoms with Gasteiger partial charge in [0.1, 0.15) is 11.6 Å². The molecule has 3 aromatic rings. The highest BCUT2D eigenvalue weighted by Gasteiger charge is 2.16. The quantitative estimate of drug-likeness (QED) is 0.658. The monoisotopic (exact) mass is 326 g/mol. The van der Waals surface area contributed by atoms with Gasteiger partial charge in [-0.2, -0.15) is 0 Å². The van der Waals surface area contributed by atoms with E-state index in [1.54, 1.807) is 12.1 Å². The summed E-state index contributed by atoms with van der Waals surface area (Å²) in [6.45, 7) is 1.03. The third kappa shape index (κ3) is 3.44. The van der Waals surface area contributed by atoms with E-state index >= 15 is 0 Å². The molecule has 0 spiro atoms. The second-order valence-electron chi connectivity index (χ2n) is 6.32.